The third-order valence-corrected chi connectivity index (χ3v) is 7.07. The predicted molar refractivity (Wildman–Crippen MR) is 118 cm³/mol. The molecule has 10 heteroatoms. The van der Waals surface area contributed by atoms with Gasteiger partial charge in [0.1, 0.15) is 12.6 Å². The van der Waals surface area contributed by atoms with E-state index < -0.39 is 33.8 Å². The molecular formula is C22H25N3O6S. The normalized spacial score (nSPS) is 16.4. The number of methoxy groups -OCH3 is 1. The van der Waals surface area contributed by atoms with Gasteiger partial charge in [0.2, 0.25) is 15.9 Å². The van der Waals surface area contributed by atoms with E-state index in [1.807, 2.05) is 6.92 Å². The van der Waals surface area contributed by atoms with Crippen molar-refractivity contribution in [3.8, 4) is 0 Å². The lowest BCUT2D eigenvalue weighted by Gasteiger charge is -2.23. The molecule has 0 aliphatic carbocycles. The first-order valence-electron chi connectivity index (χ1n) is 10.1. The summed E-state index contributed by atoms with van der Waals surface area (Å²) in [5.41, 5.74) is 1.53. The summed E-state index contributed by atoms with van der Waals surface area (Å²) in [5.74, 6) is -1.56. The van der Waals surface area contributed by atoms with Gasteiger partial charge in [-0.2, -0.15) is 4.31 Å². The van der Waals surface area contributed by atoms with Gasteiger partial charge in [0.25, 0.3) is 5.91 Å². The molecular weight excluding hydrogens is 434 g/mol. The minimum atomic E-state index is -3.82. The highest BCUT2D eigenvalue weighted by atomic mass is 32.2. The van der Waals surface area contributed by atoms with E-state index in [0.717, 1.165) is 5.56 Å². The Kier molecular flexibility index (Phi) is 7.26. The number of ether oxygens (including phenoxy) is 1. The highest BCUT2D eigenvalue weighted by molar-refractivity contribution is 7.89. The largest absolute Gasteiger partial charge is 0.468 e. The maximum Gasteiger partial charge on any atom is 0.325 e. The van der Waals surface area contributed by atoms with Gasteiger partial charge in [-0.25, -0.2) is 8.42 Å². The average Bonchev–Trinajstić information content (AvgIpc) is 3.29. The fourth-order valence-electron chi connectivity index (χ4n) is 3.43. The van der Waals surface area contributed by atoms with Crippen LogP contribution in [0.1, 0.15) is 28.8 Å². The zero-order valence-electron chi connectivity index (χ0n) is 17.8. The molecule has 32 heavy (non-hydrogen) atoms. The van der Waals surface area contributed by atoms with Gasteiger partial charge in [-0.1, -0.05) is 23.8 Å². The van der Waals surface area contributed by atoms with Crippen LogP contribution >= 0.6 is 0 Å². The van der Waals surface area contributed by atoms with E-state index in [1.165, 1.54) is 35.7 Å². The fourth-order valence-corrected chi connectivity index (χ4v) is 5.08. The molecule has 1 atom stereocenters. The van der Waals surface area contributed by atoms with Crippen LogP contribution in [0.15, 0.2) is 53.4 Å². The van der Waals surface area contributed by atoms with Gasteiger partial charge in [-0.3, -0.25) is 14.4 Å². The first kappa shape index (κ1) is 23.4. The van der Waals surface area contributed by atoms with Gasteiger partial charge in [0, 0.05) is 17.8 Å². The quantitative estimate of drug-likeness (QED) is 0.608. The van der Waals surface area contributed by atoms with Gasteiger partial charge in [0.05, 0.1) is 12.0 Å². The number of amides is 2. The molecule has 0 saturated carbocycles. The second-order valence-electron chi connectivity index (χ2n) is 7.42. The summed E-state index contributed by atoms with van der Waals surface area (Å²) < 4.78 is 31.8. The number of rotatable bonds is 7. The third kappa shape index (κ3) is 5.32. The molecule has 3 rings (SSSR count). The zero-order chi connectivity index (χ0) is 23.3. The Balaban J connectivity index is 1.72. The molecule has 1 saturated heterocycles. The number of hydrogen-bond acceptors (Lipinski definition) is 6. The maximum absolute atomic E-state index is 13.1. The highest BCUT2D eigenvalue weighted by Crippen LogP contribution is 2.27. The van der Waals surface area contributed by atoms with E-state index in [0.29, 0.717) is 18.5 Å². The molecule has 0 spiro atoms. The van der Waals surface area contributed by atoms with Crippen molar-refractivity contribution in [1.29, 1.82) is 0 Å². The maximum atomic E-state index is 13.1. The van der Waals surface area contributed by atoms with Gasteiger partial charge in [0.15, 0.2) is 0 Å². The first-order chi connectivity index (χ1) is 15.2. The summed E-state index contributed by atoms with van der Waals surface area (Å²) in [6.45, 7) is 1.84. The van der Waals surface area contributed by atoms with Gasteiger partial charge < -0.3 is 15.4 Å². The minimum absolute atomic E-state index is 0.145. The molecule has 2 aromatic rings. The van der Waals surface area contributed by atoms with Crippen molar-refractivity contribution < 1.29 is 27.5 Å². The zero-order valence-corrected chi connectivity index (χ0v) is 18.6. The lowest BCUT2D eigenvalue weighted by Crippen LogP contribution is -2.43. The standard InChI is InChI=1S/C22H25N3O6S/c1-15-8-10-18(11-9-15)32(29,30)25-12-4-7-19(25)22(28)24-17-6-3-5-16(13-17)21(27)23-14-20(26)31-2/h3,5-6,8-11,13,19H,4,7,12,14H2,1-2H3,(H,23,27)(H,24,28)/t19-/m0/s1. The van der Waals surface area contributed by atoms with E-state index in [2.05, 4.69) is 15.4 Å². The van der Waals surface area contributed by atoms with Gasteiger partial charge >= 0.3 is 5.97 Å². The molecule has 2 N–H and O–H groups in total. The molecule has 170 valence electrons. The number of hydrogen-bond donors (Lipinski definition) is 2. The third-order valence-electron chi connectivity index (χ3n) is 5.15. The molecule has 9 nitrogen and oxygen atoms in total. The molecule has 0 unspecified atom stereocenters. The summed E-state index contributed by atoms with van der Waals surface area (Å²) >= 11 is 0. The number of carbonyl (C=O) groups is 3. The predicted octanol–water partition coefficient (Wildman–Crippen LogP) is 1.69. The number of aryl methyl sites for hydroxylation is 1. The van der Waals surface area contributed by atoms with Gasteiger partial charge in [-0.15, -0.1) is 0 Å². The van der Waals surface area contributed by atoms with Crippen LogP contribution in [0, 0.1) is 6.92 Å². The second kappa shape index (κ2) is 9.92. The van der Waals surface area contributed by atoms with Crippen molar-refractivity contribution in [1.82, 2.24) is 9.62 Å². The summed E-state index contributed by atoms with van der Waals surface area (Å²) in [6, 6.07) is 11.8. The molecule has 1 heterocycles. The van der Waals surface area contributed by atoms with Crippen LogP contribution in [0.5, 0.6) is 0 Å². The van der Waals surface area contributed by atoms with Crippen molar-refractivity contribution in [2.45, 2.75) is 30.7 Å². The molecule has 0 aromatic heterocycles. The highest BCUT2D eigenvalue weighted by Gasteiger charge is 2.39. The average molecular weight is 460 g/mol. The summed E-state index contributed by atoms with van der Waals surface area (Å²) in [4.78, 5) is 36.5. The minimum Gasteiger partial charge on any atom is -0.468 e. The number of anilines is 1. The Bertz CT molecular complexity index is 1110. The van der Waals surface area contributed by atoms with Crippen LogP contribution in [0.25, 0.3) is 0 Å². The van der Waals surface area contributed by atoms with E-state index in [9.17, 15) is 22.8 Å². The van der Waals surface area contributed by atoms with Crippen LogP contribution in [0.2, 0.25) is 0 Å². The number of esters is 1. The molecule has 0 radical (unpaired) electrons. The Morgan fingerprint density at radius 1 is 1.12 bits per heavy atom. The SMILES string of the molecule is COC(=O)CNC(=O)c1cccc(NC(=O)[C@@H]2CCCN2S(=O)(=O)c2ccc(C)cc2)c1. The molecule has 1 fully saturated rings. The monoisotopic (exact) mass is 459 g/mol. The lowest BCUT2D eigenvalue weighted by atomic mass is 10.1. The number of nitrogens with zero attached hydrogens (tertiary/aromatic N) is 1. The van der Waals surface area contributed by atoms with Crippen LogP contribution < -0.4 is 10.6 Å². The Hall–Kier alpha value is -3.24. The van der Waals surface area contributed by atoms with Crippen LogP contribution in [0.4, 0.5) is 5.69 Å². The Labute approximate surface area is 186 Å². The fraction of sp³-hybridized carbons (Fsp3) is 0.318. The van der Waals surface area contributed by atoms with Crippen molar-refractivity contribution >= 4 is 33.5 Å². The molecule has 1 aliphatic rings. The summed E-state index contributed by atoms with van der Waals surface area (Å²) in [6.07, 6.45) is 0.968. The first-order valence-corrected chi connectivity index (χ1v) is 11.5. The molecule has 0 bridgehead atoms. The molecule has 2 amide bonds. The molecule has 2 aromatic carbocycles. The number of benzene rings is 2. The van der Waals surface area contributed by atoms with E-state index in [1.54, 1.807) is 24.3 Å². The van der Waals surface area contributed by atoms with E-state index in [4.69, 9.17) is 0 Å². The lowest BCUT2D eigenvalue weighted by molar-refractivity contribution is -0.139. The number of nitrogens with one attached hydrogen (secondary N) is 2. The summed E-state index contributed by atoms with van der Waals surface area (Å²) in [5, 5.41) is 5.12. The van der Waals surface area contributed by atoms with Crippen LogP contribution in [-0.4, -0.2) is 56.7 Å². The van der Waals surface area contributed by atoms with Crippen LogP contribution in [-0.2, 0) is 24.3 Å². The smallest absolute Gasteiger partial charge is 0.325 e. The number of sulfonamides is 1. The number of carbonyl (C=O) groups excluding carboxylic acids is 3. The van der Waals surface area contributed by atoms with E-state index >= 15 is 0 Å². The Morgan fingerprint density at radius 2 is 1.84 bits per heavy atom. The second-order valence-corrected chi connectivity index (χ2v) is 9.31. The van der Waals surface area contributed by atoms with Crippen molar-refractivity contribution in [2.24, 2.45) is 0 Å². The van der Waals surface area contributed by atoms with Crippen molar-refractivity contribution in [3.63, 3.8) is 0 Å². The van der Waals surface area contributed by atoms with Crippen molar-refractivity contribution in [2.75, 3.05) is 25.5 Å². The van der Waals surface area contributed by atoms with Gasteiger partial charge in [-0.05, 0) is 50.1 Å². The van der Waals surface area contributed by atoms with E-state index in [-0.39, 0.29) is 23.5 Å². The summed E-state index contributed by atoms with van der Waals surface area (Å²) in [7, 11) is -2.60. The Morgan fingerprint density at radius 3 is 2.53 bits per heavy atom. The van der Waals surface area contributed by atoms with Crippen molar-refractivity contribution in [3.05, 3.63) is 59.7 Å². The van der Waals surface area contributed by atoms with Crippen LogP contribution in [0.3, 0.4) is 0 Å². The molecule has 1 aliphatic heterocycles. The topological polar surface area (TPSA) is 122 Å².